The zero-order valence-corrected chi connectivity index (χ0v) is 7.45. The normalized spacial score (nSPS) is 30.2. The third-order valence-corrected chi connectivity index (χ3v) is 2.23. The van der Waals surface area contributed by atoms with E-state index in [0.29, 0.717) is 12.3 Å². The molecule has 0 radical (unpaired) electrons. The van der Waals surface area contributed by atoms with Crippen molar-refractivity contribution in [2.24, 2.45) is 5.92 Å². The Labute approximate surface area is 72.7 Å². The Morgan fingerprint density at radius 2 is 2.33 bits per heavy atom. The van der Waals surface area contributed by atoms with Gasteiger partial charge in [0.05, 0.1) is 6.10 Å². The Balaban J connectivity index is 2.21. The van der Waals surface area contributed by atoms with Crippen molar-refractivity contribution in [3.8, 4) is 0 Å². The summed E-state index contributed by atoms with van der Waals surface area (Å²) in [5.74, 6) is 0.500. The average Bonchev–Trinajstić information content (AvgIpc) is 2.09. The summed E-state index contributed by atoms with van der Waals surface area (Å²) in [6.07, 6.45) is 2.51. The first-order valence-electron chi connectivity index (χ1n) is 4.46. The van der Waals surface area contributed by atoms with E-state index in [0.717, 1.165) is 19.4 Å². The van der Waals surface area contributed by atoms with Crippen LogP contribution in [-0.2, 0) is 9.53 Å². The molecule has 0 unspecified atom stereocenters. The van der Waals surface area contributed by atoms with Gasteiger partial charge in [0, 0.05) is 13.0 Å². The molecule has 0 aromatic heterocycles. The molecule has 1 aliphatic rings. The molecule has 12 heavy (non-hydrogen) atoms. The minimum Gasteiger partial charge on any atom is -0.389 e. The molecule has 70 valence electrons. The monoisotopic (exact) mass is 172 g/mol. The number of rotatable bonds is 3. The van der Waals surface area contributed by atoms with Crippen molar-refractivity contribution >= 4 is 5.78 Å². The molecule has 1 fully saturated rings. The molecule has 0 spiro atoms. The highest BCUT2D eigenvalue weighted by atomic mass is 16.5. The molecule has 1 N–H and O–H groups in total. The lowest BCUT2D eigenvalue weighted by Gasteiger charge is -2.26. The van der Waals surface area contributed by atoms with E-state index in [-0.39, 0.29) is 18.5 Å². The van der Waals surface area contributed by atoms with Gasteiger partial charge < -0.3 is 9.84 Å². The third kappa shape index (κ3) is 2.91. The summed E-state index contributed by atoms with van der Waals surface area (Å²) < 4.78 is 5.43. The predicted molar refractivity (Wildman–Crippen MR) is 44.8 cm³/mol. The first-order valence-corrected chi connectivity index (χ1v) is 4.46. The zero-order chi connectivity index (χ0) is 8.97. The number of aliphatic hydroxyl groups is 1. The quantitative estimate of drug-likeness (QED) is 0.683. The summed E-state index contributed by atoms with van der Waals surface area (Å²) in [7, 11) is 0. The van der Waals surface area contributed by atoms with E-state index >= 15 is 0 Å². The maximum atomic E-state index is 10.8. The first kappa shape index (κ1) is 9.68. The number of ether oxygens (including phenoxy) is 1. The van der Waals surface area contributed by atoms with Crippen LogP contribution in [0.1, 0.15) is 26.2 Å². The SMILES string of the molecule is C[C@H]1CC[C@H](CC(=O)CO)OC1. The zero-order valence-electron chi connectivity index (χ0n) is 7.45. The summed E-state index contributed by atoms with van der Waals surface area (Å²) in [5, 5.41) is 8.51. The van der Waals surface area contributed by atoms with Crippen LogP contribution in [0, 0.1) is 5.92 Å². The van der Waals surface area contributed by atoms with Gasteiger partial charge in [-0.2, -0.15) is 0 Å². The van der Waals surface area contributed by atoms with Crippen molar-refractivity contribution in [2.45, 2.75) is 32.3 Å². The molecule has 0 bridgehead atoms. The lowest BCUT2D eigenvalue weighted by atomic mass is 9.98. The Hall–Kier alpha value is -0.410. The summed E-state index contributed by atoms with van der Waals surface area (Å²) in [4.78, 5) is 10.8. The highest BCUT2D eigenvalue weighted by Crippen LogP contribution is 2.20. The molecule has 1 rings (SSSR count). The van der Waals surface area contributed by atoms with Crippen LogP contribution in [0.2, 0.25) is 0 Å². The largest absolute Gasteiger partial charge is 0.389 e. The lowest BCUT2D eigenvalue weighted by molar-refractivity contribution is -0.126. The van der Waals surface area contributed by atoms with Gasteiger partial charge in [-0.15, -0.1) is 0 Å². The molecular formula is C9H16O3. The second-order valence-electron chi connectivity index (χ2n) is 3.54. The maximum absolute atomic E-state index is 10.8. The van der Waals surface area contributed by atoms with Crippen LogP contribution in [0.15, 0.2) is 0 Å². The molecule has 1 aliphatic heterocycles. The van der Waals surface area contributed by atoms with E-state index in [4.69, 9.17) is 9.84 Å². The number of ketones is 1. The van der Waals surface area contributed by atoms with Crippen LogP contribution < -0.4 is 0 Å². The number of hydrogen-bond acceptors (Lipinski definition) is 3. The molecule has 2 atom stereocenters. The maximum Gasteiger partial charge on any atom is 0.160 e. The van der Waals surface area contributed by atoms with Gasteiger partial charge in [0.25, 0.3) is 0 Å². The van der Waals surface area contributed by atoms with Crippen molar-refractivity contribution in [3.63, 3.8) is 0 Å². The van der Waals surface area contributed by atoms with Crippen molar-refractivity contribution in [2.75, 3.05) is 13.2 Å². The van der Waals surface area contributed by atoms with Gasteiger partial charge in [-0.25, -0.2) is 0 Å². The molecule has 0 saturated carbocycles. The highest BCUT2D eigenvalue weighted by molar-refractivity contribution is 5.79. The number of carbonyl (C=O) groups excluding carboxylic acids is 1. The molecule has 1 saturated heterocycles. The van der Waals surface area contributed by atoms with Crippen molar-refractivity contribution in [3.05, 3.63) is 0 Å². The molecule has 0 aliphatic carbocycles. The van der Waals surface area contributed by atoms with Crippen molar-refractivity contribution in [1.29, 1.82) is 0 Å². The van der Waals surface area contributed by atoms with Crippen molar-refractivity contribution < 1.29 is 14.6 Å². The van der Waals surface area contributed by atoms with Gasteiger partial charge in [0.15, 0.2) is 5.78 Å². The summed E-state index contributed by atoms with van der Waals surface area (Å²) in [6, 6.07) is 0. The molecule has 0 aromatic carbocycles. The van der Waals surface area contributed by atoms with Gasteiger partial charge >= 0.3 is 0 Å². The number of aliphatic hydroxyl groups excluding tert-OH is 1. The smallest absolute Gasteiger partial charge is 0.160 e. The van der Waals surface area contributed by atoms with Crippen LogP contribution in [0.3, 0.4) is 0 Å². The second kappa shape index (κ2) is 4.58. The fourth-order valence-electron chi connectivity index (χ4n) is 1.42. The summed E-state index contributed by atoms with van der Waals surface area (Å²) in [5.41, 5.74) is 0. The fourth-order valence-corrected chi connectivity index (χ4v) is 1.42. The van der Waals surface area contributed by atoms with Gasteiger partial charge in [-0.05, 0) is 18.8 Å². The van der Waals surface area contributed by atoms with E-state index in [1.54, 1.807) is 0 Å². The fraction of sp³-hybridized carbons (Fsp3) is 0.889. The minimum atomic E-state index is -0.352. The molecule has 0 aromatic rings. The van der Waals surface area contributed by atoms with Gasteiger partial charge in [-0.3, -0.25) is 4.79 Å². The van der Waals surface area contributed by atoms with Crippen LogP contribution in [0.4, 0.5) is 0 Å². The molecule has 1 heterocycles. The van der Waals surface area contributed by atoms with E-state index in [2.05, 4.69) is 6.92 Å². The Morgan fingerprint density at radius 1 is 1.58 bits per heavy atom. The van der Waals surface area contributed by atoms with E-state index in [1.807, 2.05) is 0 Å². The first-order chi connectivity index (χ1) is 5.72. The van der Waals surface area contributed by atoms with E-state index in [1.165, 1.54) is 0 Å². The molecule has 0 amide bonds. The van der Waals surface area contributed by atoms with E-state index < -0.39 is 0 Å². The average molecular weight is 172 g/mol. The number of Topliss-reactive ketones (excluding diaryl/α,β-unsaturated/α-hetero) is 1. The summed E-state index contributed by atoms with van der Waals surface area (Å²) >= 11 is 0. The standard InChI is InChI=1S/C9H16O3/c1-7-2-3-9(12-6-7)4-8(11)5-10/h7,9-10H,2-6H2,1H3/t7-,9+/m0/s1. The van der Waals surface area contributed by atoms with Crippen LogP contribution in [-0.4, -0.2) is 30.2 Å². The van der Waals surface area contributed by atoms with Gasteiger partial charge in [0.1, 0.15) is 6.61 Å². The second-order valence-corrected chi connectivity index (χ2v) is 3.54. The Kier molecular flexibility index (Phi) is 3.69. The van der Waals surface area contributed by atoms with Crippen LogP contribution in [0.5, 0.6) is 0 Å². The predicted octanol–water partition coefficient (Wildman–Crippen LogP) is 0.753. The van der Waals surface area contributed by atoms with Crippen LogP contribution >= 0.6 is 0 Å². The van der Waals surface area contributed by atoms with Gasteiger partial charge in [-0.1, -0.05) is 6.92 Å². The molecular weight excluding hydrogens is 156 g/mol. The molecule has 3 heteroatoms. The molecule has 3 nitrogen and oxygen atoms in total. The highest BCUT2D eigenvalue weighted by Gasteiger charge is 2.20. The van der Waals surface area contributed by atoms with Gasteiger partial charge in [0.2, 0.25) is 0 Å². The summed E-state index contributed by atoms with van der Waals surface area (Å²) in [6.45, 7) is 2.54. The van der Waals surface area contributed by atoms with Crippen molar-refractivity contribution in [1.82, 2.24) is 0 Å². The third-order valence-electron chi connectivity index (χ3n) is 2.23. The lowest BCUT2D eigenvalue weighted by Crippen LogP contribution is -2.27. The van der Waals surface area contributed by atoms with E-state index in [9.17, 15) is 4.79 Å². The Bertz CT molecular complexity index is 148. The van der Waals surface area contributed by atoms with Crippen LogP contribution in [0.25, 0.3) is 0 Å². The minimum absolute atomic E-state index is 0.0563. The number of hydrogen-bond donors (Lipinski definition) is 1. The topological polar surface area (TPSA) is 46.5 Å². The Morgan fingerprint density at radius 3 is 2.83 bits per heavy atom. The number of carbonyl (C=O) groups is 1.